The molecule has 0 heterocycles. The van der Waals surface area contributed by atoms with Crippen LogP contribution in [0.15, 0.2) is 6.08 Å². The van der Waals surface area contributed by atoms with Crippen molar-refractivity contribution in [2.45, 2.75) is 26.2 Å². The number of rotatable bonds is 4. The minimum absolute atomic E-state index is 1.09. The van der Waals surface area contributed by atoms with E-state index in [4.69, 9.17) is 0 Å². The van der Waals surface area contributed by atoms with Gasteiger partial charge in [-0.05, 0) is 18.9 Å². The molecule has 0 rings (SSSR count). The van der Waals surface area contributed by atoms with Crippen LogP contribution < -0.4 is 0 Å². The van der Waals surface area contributed by atoms with Crippen LogP contribution in [0.1, 0.15) is 26.2 Å². The van der Waals surface area contributed by atoms with E-state index in [2.05, 4.69) is 17.9 Å². The Hall–Kier alpha value is -0.460. The van der Waals surface area contributed by atoms with Crippen LogP contribution in [-0.4, -0.2) is 7.11 Å². The van der Waals surface area contributed by atoms with E-state index in [0.717, 1.165) is 6.42 Å². The van der Waals surface area contributed by atoms with Crippen molar-refractivity contribution in [3.63, 3.8) is 0 Å². The van der Waals surface area contributed by atoms with Gasteiger partial charge in [0.1, 0.15) is 0 Å². The molecular weight excluding hydrogens is 100 g/mol. The first-order valence-corrected chi connectivity index (χ1v) is 3.02. The van der Waals surface area contributed by atoms with Crippen molar-refractivity contribution in [1.82, 2.24) is 0 Å². The van der Waals surface area contributed by atoms with Gasteiger partial charge in [0.05, 0.1) is 7.11 Å². The molecule has 47 valence electrons. The third-order valence-corrected chi connectivity index (χ3v) is 0.903. The van der Waals surface area contributed by atoms with Crippen LogP contribution in [0, 0.1) is 6.26 Å². The molecule has 0 aromatic rings. The summed E-state index contributed by atoms with van der Waals surface area (Å²) in [5.74, 6) is 0. The molecule has 1 nitrogen and oxygen atoms in total. The van der Waals surface area contributed by atoms with Gasteiger partial charge in [0.15, 0.2) is 6.26 Å². The molecule has 0 aliphatic rings. The molecule has 0 saturated heterocycles. The predicted octanol–water partition coefficient (Wildman–Crippen LogP) is 2.14. The summed E-state index contributed by atoms with van der Waals surface area (Å²) in [6.45, 7) is 2.17. The van der Waals surface area contributed by atoms with E-state index in [1.807, 2.05) is 6.08 Å². The molecule has 8 heavy (non-hydrogen) atoms. The van der Waals surface area contributed by atoms with Gasteiger partial charge in [-0.2, -0.15) is 0 Å². The van der Waals surface area contributed by atoms with Gasteiger partial charge < -0.3 is 4.74 Å². The zero-order valence-electron chi connectivity index (χ0n) is 5.61. The Kier molecular flexibility index (Phi) is 6.16. The lowest BCUT2D eigenvalue weighted by molar-refractivity contribution is 0.311. The monoisotopic (exact) mass is 113 g/mol. The number of unbranched alkanes of at least 4 members (excludes halogenated alkanes) is 2. The van der Waals surface area contributed by atoms with Crippen LogP contribution in [0.25, 0.3) is 0 Å². The zero-order chi connectivity index (χ0) is 6.24. The lowest BCUT2D eigenvalue weighted by Crippen LogP contribution is -1.69. The molecule has 0 aliphatic carbocycles. The third kappa shape index (κ3) is 5.54. The third-order valence-electron chi connectivity index (χ3n) is 0.903. The van der Waals surface area contributed by atoms with E-state index < -0.39 is 0 Å². The second-order valence-corrected chi connectivity index (χ2v) is 1.67. The Bertz CT molecular complexity index is 57.4. The molecule has 0 bridgehead atoms. The Morgan fingerprint density at radius 3 is 2.88 bits per heavy atom. The lowest BCUT2D eigenvalue weighted by Gasteiger charge is -1.85. The van der Waals surface area contributed by atoms with Crippen molar-refractivity contribution in [2.75, 3.05) is 7.11 Å². The van der Waals surface area contributed by atoms with Crippen LogP contribution in [0.3, 0.4) is 0 Å². The smallest absolute Gasteiger partial charge is 0.156 e. The quantitative estimate of drug-likeness (QED) is 0.401. The van der Waals surface area contributed by atoms with Crippen molar-refractivity contribution in [1.29, 1.82) is 0 Å². The summed E-state index contributed by atoms with van der Waals surface area (Å²) in [5, 5.41) is 0. The largest absolute Gasteiger partial charge is 0.493 e. The average Bonchev–Trinajstić information content (AvgIpc) is 1.81. The van der Waals surface area contributed by atoms with Crippen molar-refractivity contribution in [2.24, 2.45) is 0 Å². The fraction of sp³-hybridized carbons (Fsp3) is 0.714. The first-order valence-electron chi connectivity index (χ1n) is 3.02. The predicted molar refractivity (Wildman–Crippen MR) is 34.3 cm³/mol. The van der Waals surface area contributed by atoms with Crippen LogP contribution in [0.5, 0.6) is 0 Å². The maximum atomic E-state index is 4.58. The standard InChI is InChI=1S/C7H13O/c1-3-4-5-6-7-8-2/h6H,3-5H2,1-2H3. The summed E-state index contributed by atoms with van der Waals surface area (Å²) in [4.78, 5) is 0. The molecule has 0 aromatic heterocycles. The molecule has 0 saturated carbocycles. The molecule has 0 fully saturated rings. The van der Waals surface area contributed by atoms with Crippen molar-refractivity contribution < 1.29 is 4.74 Å². The number of hydrogen-bond acceptors (Lipinski definition) is 1. The molecule has 0 aromatic carbocycles. The highest BCUT2D eigenvalue weighted by atomic mass is 16.5. The SMILES string of the molecule is CCCC/C=[C]\OC. The summed E-state index contributed by atoms with van der Waals surface area (Å²) in [6.07, 6.45) is 8.14. The molecule has 1 radical (unpaired) electrons. The Morgan fingerprint density at radius 1 is 1.62 bits per heavy atom. The average molecular weight is 113 g/mol. The highest BCUT2D eigenvalue weighted by Crippen LogP contribution is 1.93. The fourth-order valence-electron chi connectivity index (χ4n) is 0.448. The minimum atomic E-state index is 1.09. The molecule has 0 aliphatic heterocycles. The summed E-state index contributed by atoms with van der Waals surface area (Å²) in [5.41, 5.74) is 0. The zero-order valence-corrected chi connectivity index (χ0v) is 5.61. The second kappa shape index (κ2) is 6.54. The van der Waals surface area contributed by atoms with Gasteiger partial charge >= 0.3 is 0 Å². The summed E-state index contributed by atoms with van der Waals surface area (Å²) in [6, 6.07) is 0. The van der Waals surface area contributed by atoms with E-state index >= 15 is 0 Å². The number of ether oxygens (including phenoxy) is 1. The molecule has 0 spiro atoms. The molecule has 0 atom stereocenters. The highest BCUT2D eigenvalue weighted by molar-refractivity contribution is 4.65. The van der Waals surface area contributed by atoms with E-state index in [1.165, 1.54) is 12.8 Å². The Labute approximate surface area is 51.4 Å². The summed E-state index contributed by atoms with van der Waals surface area (Å²) >= 11 is 0. The van der Waals surface area contributed by atoms with Crippen molar-refractivity contribution >= 4 is 0 Å². The van der Waals surface area contributed by atoms with Crippen LogP contribution in [-0.2, 0) is 4.74 Å². The normalized spacial score (nSPS) is 10.2. The summed E-state index contributed by atoms with van der Waals surface area (Å²) < 4.78 is 4.58. The summed E-state index contributed by atoms with van der Waals surface area (Å²) in [7, 11) is 1.61. The maximum Gasteiger partial charge on any atom is 0.156 e. The maximum absolute atomic E-state index is 4.58. The number of methoxy groups -OCH3 is 1. The first kappa shape index (κ1) is 7.54. The Balaban J connectivity index is 2.80. The topological polar surface area (TPSA) is 9.23 Å². The van der Waals surface area contributed by atoms with Gasteiger partial charge in [-0.1, -0.05) is 13.3 Å². The van der Waals surface area contributed by atoms with Crippen LogP contribution in [0.2, 0.25) is 0 Å². The molecule has 0 unspecified atom stereocenters. The minimum Gasteiger partial charge on any atom is -0.493 e. The van der Waals surface area contributed by atoms with E-state index in [0.29, 0.717) is 0 Å². The van der Waals surface area contributed by atoms with Gasteiger partial charge in [0.25, 0.3) is 0 Å². The van der Waals surface area contributed by atoms with Gasteiger partial charge in [0.2, 0.25) is 0 Å². The van der Waals surface area contributed by atoms with Gasteiger partial charge in [0, 0.05) is 0 Å². The highest BCUT2D eigenvalue weighted by Gasteiger charge is 1.75. The number of allylic oxidation sites excluding steroid dienone is 1. The van der Waals surface area contributed by atoms with Gasteiger partial charge in [-0.25, -0.2) is 0 Å². The van der Waals surface area contributed by atoms with Crippen molar-refractivity contribution in [3.05, 3.63) is 12.3 Å². The second-order valence-electron chi connectivity index (χ2n) is 1.67. The van der Waals surface area contributed by atoms with Crippen molar-refractivity contribution in [3.8, 4) is 0 Å². The van der Waals surface area contributed by atoms with E-state index in [1.54, 1.807) is 7.11 Å². The van der Waals surface area contributed by atoms with E-state index in [-0.39, 0.29) is 0 Å². The van der Waals surface area contributed by atoms with Crippen LogP contribution >= 0.6 is 0 Å². The molecule has 0 amide bonds. The lowest BCUT2D eigenvalue weighted by atomic mass is 10.2. The van der Waals surface area contributed by atoms with Gasteiger partial charge in [-0.3, -0.25) is 0 Å². The fourth-order valence-corrected chi connectivity index (χ4v) is 0.448. The van der Waals surface area contributed by atoms with Gasteiger partial charge in [-0.15, -0.1) is 0 Å². The van der Waals surface area contributed by atoms with Crippen LogP contribution in [0.4, 0.5) is 0 Å². The van der Waals surface area contributed by atoms with E-state index in [9.17, 15) is 0 Å². The first-order chi connectivity index (χ1) is 3.91. The number of hydrogen-bond donors (Lipinski definition) is 0. The molecule has 1 heteroatoms. The molecule has 0 N–H and O–H groups in total. The Morgan fingerprint density at radius 2 is 2.38 bits per heavy atom. The molecular formula is C7H13O.